The highest BCUT2D eigenvalue weighted by Crippen LogP contribution is 2.25. The van der Waals surface area contributed by atoms with Crippen molar-refractivity contribution in [3.05, 3.63) is 52.6 Å². The molecule has 2 aromatic rings. The van der Waals surface area contributed by atoms with Gasteiger partial charge >= 0.3 is 0 Å². The third-order valence-corrected chi connectivity index (χ3v) is 3.56. The molecule has 0 amide bonds. The molecule has 0 bridgehead atoms. The summed E-state index contributed by atoms with van der Waals surface area (Å²) in [6.45, 7) is 3.55. The molecule has 0 saturated heterocycles. The van der Waals surface area contributed by atoms with Crippen molar-refractivity contribution in [1.29, 1.82) is 0 Å². The molecule has 0 spiro atoms. The van der Waals surface area contributed by atoms with Crippen LogP contribution in [0.5, 0.6) is 11.6 Å². The largest absolute Gasteiger partial charge is 0.496 e. The zero-order valence-electron chi connectivity index (χ0n) is 12.2. The van der Waals surface area contributed by atoms with Crippen molar-refractivity contribution in [2.45, 2.75) is 19.6 Å². The SMILES string of the molecule is COc1ccc(CNCC(C)Oc2ccccn2)cc1Br. The maximum atomic E-state index is 5.71. The molecule has 1 N–H and O–H groups in total. The average molecular weight is 351 g/mol. The van der Waals surface area contributed by atoms with Crippen molar-refractivity contribution in [2.24, 2.45) is 0 Å². The molecule has 0 saturated carbocycles. The summed E-state index contributed by atoms with van der Waals surface area (Å²) in [5, 5.41) is 3.37. The molecular formula is C16H19BrN2O2. The van der Waals surface area contributed by atoms with Crippen molar-refractivity contribution >= 4 is 15.9 Å². The van der Waals surface area contributed by atoms with Crippen LogP contribution in [-0.4, -0.2) is 24.7 Å². The van der Waals surface area contributed by atoms with Crippen LogP contribution < -0.4 is 14.8 Å². The Hall–Kier alpha value is -1.59. The summed E-state index contributed by atoms with van der Waals surface area (Å²) in [6, 6.07) is 11.7. The van der Waals surface area contributed by atoms with Gasteiger partial charge in [-0.2, -0.15) is 0 Å². The molecule has 0 aliphatic rings. The summed E-state index contributed by atoms with van der Waals surface area (Å²) >= 11 is 3.49. The number of halogens is 1. The van der Waals surface area contributed by atoms with E-state index in [-0.39, 0.29) is 6.10 Å². The van der Waals surface area contributed by atoms with Gasteiger partial charge in [-0.05, 0) is 46.6 Å². The minimum Gasteiger partial charge on any atom is -0.496 e. The molecule has 1 unspecified atom stereocenters. The van der Waals surface area contributed by atoms with Crippen LogP contribution in [0, 0.1) is 0 Å². The minimum absolute atomic E-state index is 0.0570. The first-order chi connectivity index (χ1) is 10.2. The predicted octanol–water partition coefficient (Wildman–Crippen LogP) is 3.41. The summed E-state index contributed by atoms with van der Waals surface area (Å²) in [5.41, 5.74) is 1.19. The van der Waals surface area contributed by atoms with E-state index in [9.17, 15) is 0 Å². The lowest BCUT2D eigenvalue weighted by molar-refractivity contribution is 0.208. The van der Waals surface area contributed by atoms with Crippen LogP contribution >= 0.6 is 15.9 Å². The molecular weight excluding hydrogens is 332 g/mol. The summed E-state index contributed by atoms with van der Waals surface area (Å²) in [5.74, 6) is 1.49. The third-order valence-electron chi connectivity index (χ3n) is 2.94. The number of methoxy groups -OCH3 is 1. The highest BCUT2D eigenvalue weighted by Gasteiger charge is 2.05. The molecule has 21 heavy (non-hydrogen) atoms. The topological polar surface area (TPSA) is 43.4 Å². The Bertz CT molecular complexity index is 563. The normalized spacial score (nSPS) is 12.0. The molecule has 0 fully saturated rings. The summed E-state index contributed by atoms with van der Waals surface area (Å²) in [7, 11) is 1.66. The van der Waals surface area contributed by atoms with E-state index in [0.717, 1.165) is 23.3 Å². The molecule has 1 aromatic carbocycles. The number of ether oxygens (including phenoxy) is 2. The van der Waals surface area contributed by atoms with E-state index < -0.39 is 0 Å². The molecule has 112 valence electrons. The highest BCUT2D eigenvalue weighted by atomic mass is 79.9. The van der Waals surface area contributed by atoms with E-state index in [4.69, 9.17) is 9.47 Å². The Morgan fingerprint density at radius 1 is 1.29 bits per heavy atom. The number of rotatable bonds is 7. The highest BCUT2D eigenvalue weighted by molar-refractivity contribution is 9.10. The quantitative estimate of drug-likeness (QED) is 0.830. The Labute approximate surface area is 133 Å². The van der Waals surface area contributed by atoms with E-state index in [1.165, 1.54) is 5.56 Å². The molecule has 1 aromatic heterocycles. The first kappa shape index (κ1) is 15.8. The van der Waals surface area contributed by atoms with Gasteiger partial charge in [-0.15, -0.1) is 0 Å². The molecule has 0 aliphatic carbocycles. The maximum Gasteiger partial charge on any atom is 0.213 e. The fraction of sp³-hybridized carbons (Fsp3) is 0.312. The number of hydrogen-bond acceptors (Lipinski definition) is 4. The first-order valence-corrected chi connectivity index (χ1v) is 7.59. The summed E-state index contributed by atoms with van der Waals surface area (Å²) in [4.78, 5) is 4.15. The lowest BCUT2D eigenvalue weighted by Gasteiger charge is -2.15. The molecule has 2 rings (SSSR count). The van der Waals surface area contributed by atoms with Crippen LogP contribution in [0.4, 0.5) is 0 Å². The van der Waals surface area contributed by atoms with Crippen molar-refractivity contribution in [3.8, 4) is 11.6 Å². The van der Waals surface area contributed by atoms with E-state index in [1.54, 1.807) is 13.3 Å². The van der Waals surface area contributed by atoms with Crippen LogP contribution in [0.1, 0.15) is 12.5 Å². The Kier molecular flexibility index (Phi) is 6.02. The standard InChI is InChI=1S/C16H19BrN2O2/c1-12(21-16-5-3-4-8-19-16)10-18-11-13-6-7-15(20-2)14(17)9-13/h3-9,12,18H,10-11H2,1-2H3. The number of hydrogen-bond donors (Lipinski definition) is 1. The van der Waals surface area contributed by atoms with Crippen molar-refractivity contribution in [1.82, 2.24) is 10.3 Å². The second-order valence-electron chi connectivity index (χ2n) is 4.70. The van der Waals surface area contributed by atoms with Crippen LogP contribution in [0.15, 0.2) is 47.1 Å². The van der Waals surface area contributed by atoms with E-state index in [1.807, 2.05) is 37.3 Å². The van der Waals surface area contributed by atoms with Crippen molar-refractivity contribution < 1.29 is 9.47 Å². The first-order valence-electron chi connectivity index (χ1n) is 6.80. The Morgan fingerprint density at radius 2 is 2.14 bits per heavy atom. The van der Waals surface area contributed by atoms with E-state index in [0.29, 0.717) is 5.88 Å². The average Bonchev–Trinajstić information content (AvgIpc) is 2.48. The van der Waals surface area contributed by atoms with Gasteiger partial charge in [-0.1, -0.05) is 12.1 Å². The monoisotopic (exact) mass is 350 g/mol. The number of pyridine rings is 1. The molecule has 1 heterocycles. The molecule has 5 heteroatoms. The van der Waals surface area contributed by atoms with E-state index >= 15 is 0 Å². The number of nitrogens with zero attached hydrogens (tertiary/aromatic N) is 1. The van der Waals surface area contributed by atoms with E-state index in [2.05, 4.69) is 32.3 Å². The van der Waals surface area contributed by atoms with Crippen LogP contribution in [0.25, 0.3) is 0 Å². The second-order valence-corrected chi connectivity index (χ2v) is 5.55. The maximum absolute atomic E-state index is 5.71. The lowest BCUT2D eigenvalue weighted by atomic mass is 10.2. The van der Waals surface area contributed by atoms with Gasteiger partial charge in [-0.3, -0.25) is 0 Å². The number of aromatic nitrogens is 1. The Morgan fingerprint density at radius 3 is 2.81 bits per heavy atom. The predicted molar refractivity (Wildman–Crippen MR) is 86.7 cm³/mol. The van der Waals surface area contributed by atoms with Gasteiger partial charge in [0.25, 0.3) is 0 Å². The van der Waals surface area contributed by atoms with Crippen LogP contribution in [-0.2, 0) is 6.54 Å². The van der Waals surface area contributed by atoms with Crippen LogP contribution in [0.2, 0.25) is 0 Å². The Balaban J connectivity index is 1.77. The number of benzene rings is 1. The summed E-state index contributed by atoms with van der Waals surface area (Å²) in [6.07, 6.45) is 1.78. The van der Waals surface area contributed by atoms with Gasteiger partial charge < -0.3 is 14.8 Å². The molecule has 4 nitrogen and oxygen atoms in total. The smallest absolute Gasteiger partial charge is 0.213 e. The van der Waals surface area contributed by atoms with Crippen LogP contribution in [0.3, 0.4) is 0 Å². The van der Waals surface area contributed by atoms with Gasteiger partial charge in [0.05, 0.1) is 11.6 Å². The van der Waals surface area contributed by atoms with Gasteiger partial charge in [0.15, 0.2) is 0 Å². The van der Waals surface area contributed by atoms with Gasteiger partial charge in [0, 0.05) is 25.4 Å². The fourth-order valence-corrected chi connectivity index (χ4v) is 2.49. The minimum atomic E-state index is 0.0570. The molecule has 1 atom stereocenters. The summed E-state index contributed by atoms with van der Waals surface area (Å²) < 4.78 is 11.9. The zero-order valence-corrected chi connectivity index (χ0v) is 13.8. The zero-order chi connectivity index (χ0) is 15.1. The lowest BCUT2D eigenvalue weighted by Crippen LogP contribution is -2.28. The van der Waals surface area contributed by atoms with Gasteiger partial charge in [-0.25, -0.2) is 4.98 Å². The van der Waals surface area contributed by atoms with Crippen molar-refractivity contribution in [3.63, 3.8) is 0 Å². The van der Waals surface area contributed by atoms with Crippen molar-refractivity contribution in [2.75, 3.05) is 13.7 Å². The third kappa shape index (κ3) is 5.02. The second kappa shape index (κ2) is 8.00. The molecule has 0 radical (unpaired) electrons. The van der Waals surface area contributed by atoms with Gasteiger partial charge in [0.2, 0.25) is 5.88 Å². The van der Waals surface area contributed by atoms with Gasteiger partial charge in [0.1, 0.15) is 11.9 Å². The number of nitrogens with one attached hydrogen (secondary N) is 1. The fourth-order valence-electron chi connectivity index (χ4n) is 1.90. The molecule has 0 aliphatic heterocycles.